The summed E-state index contributed by atoms with van der Waals surface area (Å²) in [6, 6.07) is 0. The second-order valence-corrected chi connectivity index (χ2v) is 4.82. The maximum atomic E-state index is 11.8. The average molecular weight is 227 g/mol. The molecule has 16 heavy (non-hydrogen) atoms. The van der Waals surface area contributed by atoms with Crippen molar-refractivity contribution in [1.29, 1.82) is 0 Å². The van der Waals surface area contributed by atoms with Gasteiger partial charge in [-0.3, -0.25) is 9.59 Å². The molecule has 0 aromatic rings. The van der Waals surface area contributed by atoms with Crippen molar-refractivity contribution in [2.24, 2.45) is 11.8 Å². The van der Waals surface area contributed by atoms with E-state index in [0.29, 0.717) is 11.8 Å². The highest BCUT2D eigenvalue weighted by Crippen LogP contribution is 2.21. The van der Waals surface area contributed by atoms with Gasteiger partial charge in [0.15, 0.2) is 0 Å². The second kappa shape index (κ2) is 5.87. The van der Waals surface area contributed by atoms with Crippen LogP contribution in [0.25, 0.3) is 0 Å². The van der Waals surface area contributed by atoms with Crippen molar-refractivity contribution in [3.8, 4) is 0 Å². The Morgan fingerprint density at radius 1 is 1.19 bits per heavy atom. The van der Waals surface area contributed by atoms with Crippen LogP contribution in [0.1, 0.15) is 33.1 Å². The minimum absolute atomic E-state index is 0.0730. The minimum Gasteiger partial charge on any atom is -0.469 e. The Morgan fingerprint density at radius 3 is 2.25 bits per heavy atom. The summed E-state index contributed by atoms with van der Waals surface area (Å²) in [6.07, 6.45) is 1.64. The molecular formula is C12H21NO3. The van der Waals surface area contributed by atoms with E-state index in [-0.39, 0.29) is 24.7 Å². The van der Waals surface area contributed by atoms with Gasteiger partial charge in [0.25, 0.3) is 0 Å². The number of ether oxygens (including phenoxy) is 1. The molecule has 1 rings (SSSR count). The van der Waals surface area contributed by atoms with Crippen LogP contribution >= 0.6 is 0 Å². The minimum atomic E-state index is -0.313. The number of hydrogen-bond donors (Lipinski definition) is 0. The third kappa shape index (κ3) is 3.83. The first-order valence-corrected chi connectivity index (χ1v) is 5.87. The fraction of sp³-hybridized carbons (Fsp3) is 0.833. The topological polar surface area (TPSA) is 46.6 Å². The van der Waals surface area contributed by atoms with E-state index in [9.17, 15) is 9.59 Å². The SMILES string of the molecule is COC(=O)CCC(=O)N1CC(C)CC(C)C1. The predicted molar refractivity (Wildman–Crippen MR) is 60.8 cm³/mol. The largest absolute Gasteiger partial charge is 0.469 e. The molecule has 92 valence electrons. The van der Waals surface area contributed by atoms with Crippen LogP contribution in [0, 0.1) is 11.8 Å². The number of carbonyl (C=O) groups excluding carboxylic acids is 2. The number of hydrogen-bond acceptors (Lipinski definition) is 3. The van der Waals surface area contributed by atoms with Crippen LogP contribution in [0.15, 0.2) is 0 Å². The number of carbonyl (C=O) groups is 2. The zero-order chi connectivity index (χ0) is 12.1. The number of esters is 1. The van der Waals surface area contributed by atoms with Crippen LogP contribution in [-0.4, -0.2) is 37.0 Å². The van der Waals surface area contributed by atoms with Crippen molar-refractivity contribution < 1.29 is 14.3 Å². The van der Waals surface area contributed by atoms with Gasteiger partial charge in [-0.1, -0.05) is 13.8 Å². The van der Waals surface area contributed by atoms with Crippen molar-refractivity contribution in [2.45, 2.75) is 33.1 Å². The van der Waals surface area contributed by atoms with E-state index in [1.54, 1.807) is 0 Å². The smallest absolute Gasteiger partial charge is 0.306 e. The van der Waals surface area contributed by atoms with Crippen LogP contribution in [0.3, 0.4) is 0 Å². The van der Waals surface area contributed by atoms with Gasteiger partial charge in [-0.05, 0) is 18.3 Å². The van der Waals surface area contributed by atoms with E-state index in [4.69, 9.17) is 0 Å². The fourth-order valence-corrected chi connectivity index (χ4v) is 2.34. The lowest BCUT2D eigenvalue weighted by atomic mass is 9.91. The number of likely N-dealkylation sites (tertiary alicyclic amines) is 1. The Morgan fingerprint density at radius 2 is 1.75 bits per heavy atom. The van der Waals surface area contributed by atoms with Crippen molar-refractivity contribution in [1.82, 2.24) is 4.90 Å². The van der Waals surface area contributed by atoms with E-state index in [2.05, 4.69) is 18.6 Å². The Balaban J connectivity index is 2.38. The molecular weight excluding hydrogens is 206 g/mol. The van der Waals surface area contributed by atoms with Crippen LogP contribution in [0.5, 0.6) is 0 Å². The van der Waals surface area contributed by atoms with E-state index in [1.165, 1.54) is 13.5 Å². The molecule has 1 heterocycles. The molecule has 0 spiro atoms. The second-order valence-electron chi connectivity index (χ2n) is 4.82. The summed E-state index contributed by atoms with van der Waals surface area (Å²) >= 11 is 0. The van der Waals surface area contributed by atoms with E-state index in [0.717, 1.165) is 13.1 Å². The van der Waals surface area contributed by atoms with Gasteiger partial charge in [0.05, 0.1) is 13.5 Å². The van der Waals surface area contributed by atoms with Crippen molar-refractivity contribution >= 4 is 11.9 Å². The van der Waals surface area contributed by atoms with E-state index < -0.39 is 0 Å². The number of methoxy groups -OCH3 is 1. The van der Waals surface area contributed by atoms with Crippen molar-refractivity contribution in [3.63, 3.8) is 0 Å². The molecule has 1 aliphatic rings. The fourth-order valence-electron chi connectivity index (χ4n) is 2.34. The summed E-state index contributed by atoms with van der Waals surface area (Å²) in [5.74, 6) is 0.881. The molecule has 0 aromatic carbocycles. The molecule has 0 saturated carbocycles. The molecule has 0 N–H and O–H groups in total. The summed E-state index contributed by atoms with van der Waals surface area (Å²) in [5, 5.41) is 0. The molecule has 4 heteroatoms. The highest BCUT2D eigenvalue weighted by atomic mass is 16.5. The van der Waals surface area contributed by atoms with E-state index >= 15 is 0 Å². The highest BCUT2D eigenvalue weighted by Gasteiger charge is 2.25. The van der Waals surface area contributed by atoms with Crippen molar-refractivity contribution in [2.75, 3.05) is 20.2 Å². The summed E-state index contributed by atoms with van der Waals surface area (Å²) < 4.78 is 4.52. The monoisotopic (exact) mass is 227 g/mol. The molecule has 1 fully saturated rings. The summed E-state index contributed by atoms with van der Waals surface area (Å²) in [7, 11) is 1.35. The first-order chi connectivity index (χ1) is 7.52. The van der Waals surface area contributed by atoms with Gasteiger partial charge in [0.1, 0.15) is 0 Å². The van der Waals surface area contributed by atoms with Gasteiger partial charge in [0.2, 0.25) is 5.91 Å². The lowest BCUT2D eigenvalue weighted by molar-refractivity contribution is -0.144. The van der Waals surface area contributed by atoms with Crippen molar-refractivity contribution in [3.05, 3.63) is 0 Å². The number of nitrogens with zero attached hydrogens (tertiary/aromatic N) is 1. The summed E-state index contributed by atoms with van der Waals surface area (Å²) in [6.45, 7) is 5.97. The zero-order valence-electron chi connectivity index (χ0n) is 10.4. The maximum absolute atomic E-state index is 11.8. The van der Waals surface area contributed by atoms with Crippen LogP contribution in [-0.2, 0) is 14.3 Å². The summed E-state index contributed by atoms with van der Waals surface area (Å²) in [5.41, 5.74) is 0. The standard InChI is InChI=1S/C12H21NO3/c1-9-6-10(2)8-13(7-9)11(14)4-5-12(15)16-3/h9-10H,4-8H2,1-3H3. The third-order valence-electron chi connectivity index (χ3n) is 2.99. The molecule has 1 aliphatic heterocycles. The van der Waals surface area contributed by atoms with Gasteiger partial charge in [0, 0.05) is 19.5 Å². The predicted octanol–water partition coefficient (Wildman–Crippen LogP) is 1.44. The first-order valence-electron chi connectivity index (χ1n) is 5.87. The molecule has 2 unspecified atom stereocenters. The van der Waals surface area contributed by atoms with Crippen LogP contribution < -0.4 is 0 Å². The van der Waals surface area contributed by atoms with Gasteiger partial charge < -0.3 is 9.64 Å². The molecule has 0 aromatic heterocycles. The number of amides is 1. The third-order valence-corrected chi connectivity index (χ3v) is 2.99. The highest BCUT2D eigenvalue weighted by molar-refractivity contribution is 5.81. The Labute approximate surface area is 96.9 Å². The number of rotatable bonds is 3. The molecule has 0 bridgehead atoms. The van der Waals surface area contributed by atoms with Gasteiger partial charge in [-0.15, -0.1) is 0 Å². The molecule has 0 aliphatic carbocycles. The maximum Gasteiger partial charge on any atom is 0.306 e. The molecule has 0 radical (unpaired) electrons. The quantitative estimate of drug-likeness (QED) is 0.685. The summed E-state index contributed by atoms with van der Waals surface area (Å²) in [4.78, 5) is 24.6. The number of piperidine rings is 1. The Bertz CT molecular complexity index is 255. The van der Waals surface area contributed by atoms with Gasteiger partial charge >= 0.3 is 5.97 Å². The van der Waals surface area contributed by atoms with Gasteiger partial charge in [-0.25, -0.2) is 0 Å². The van der Waals surface area contributed by atoms with Gasteiger partial charge in [-0.2, -0.15) is 0 Å². The van der Waals surface area contributed by atoms with E-state index in [1.807, 2.05) is 4.90 Å². The first kappa shape index (κ1) is 13.0. The average Bonchev–Trinajstić information content (AvgIpc) is 2.23. The molecule has 4 nitrogen and oxygen atoms in total. The molecule has 2 atom stereocenters. The molecule has 1 amide bonds. The Kier molecular flexibility index (Phi) is 4.77. The van der Waals surface area contributed by atoms with Crippen LogP contribution in [0.4, 0.5) is 0 Å². The van der Waals surface area contributed by atoms with Crippen LogP contribution in [0.2, 0.25) is 0 Å². The molecule has 1 saturated heterocycles. The Hall–Kier alpha value is -1.06. The normalized spacial score (nSPS) is 25.3. The zero-order valence-corrected chi connectivity index (χ0v) is 10.4. The lowest BCUT2D eigenvalue weighted by Crippen LogP contribution is -2.42. The lowest BCUT2D eigenvalue weighted by Gasteiger charge is -2.35.